The van der Waals surface area contributed by atoms with E-state index in [2.05, 4.69) is 6.08 Å². The minimum absolute atomic E-state index is 0.0771. The molecule has 2 rings (SSSR count). The lowest BCUT2D eigenvalue weighted by Crippen LogP contribution is -2.59. The van der Waals surface area contributed by atoms with Gasteiger partial charge >= 0.3 is 0 Å². The van der Waals surface area contributed by atoms with E-state index in [-0.39, 0.29) is 24.7 Å². The molecule has 2 aliphatic rings. The van der Waals surface area contributed by atoms with Crippen molar-refractivity contribution < 1.29 is 24.2 Å². The molecule has 1 heterocycles. The Morgan fingerprint density at radius 1 is 1.52 bits per heavy atom. The van der Waals surface area contributed by atoms with Crippen LogP contribution in [0.25, 0.3) is 0 Å². The van der Waals surface area contributed by atoms with Crippen molar-refractivity contribution in [1.82, 2.24) is 0 Å². The van der Waals surface area contributed by atoms with Crippen molar-refractivity contribution in [3.8, 4) is 0 Å². The summed E-state index contributed by atoms with van der Waals surface area (Å²) in [7, 11) is 1.43. The number of hydrogen-bond donors (Lipinski definition) is 1. The van der Waals surface area contributed by atoms with Gasteiger partial charge in [-0.05, 0) is 33.6 Å². The molecule has 1 aliphatic carbocycles. The number of carbonyl (C=O) groups excluding carboxylic acids is 2. The van der Waals surface area contributed by atoms with Gasteiger partial charge in [0.25, 0.3) is 0 Å². The maximum absolute atomic E-state index is 12.1. The fourth-order valence-corrected chi connectivity index (χ4v) is 3.44. The number of hydrogen-bond acceptors (Lipinski definition) is 5. The molecule has 2 fully saturated rings. The topological polar surface area (TPSA) is 76.1 Å². The predicted molar refractivity (Wildman–Crippen MR) is 76.9 cm³/mol. The molecule has 21 heavy (non-hydrogen) atoms. The number of aliphatic hydroxyl groups is 1. The molecular weight excluding hydrogens is 272 g/mol. The highest BCUT2D eigenvalue weighted by Crippen LogP contribution is 2.53. The van der Waals surface area contributed by atoms with Gasteiger partial charge in [0.05, 0.1) is 12.0 Å². The van der Waals surface area contributed by atoms with Crippen molar-refractivity contribution in [3.63, 3.8) is 0 Å². The van der Waals surface area contributed by atoms with Crippen molar-refractivity contribution in [2.75, 3.05) is 7.11 Å². The molecule has 0 aromatic rings. The number of allylic oxidation sites excluding steroid dienone is 1. The molecule has 0 aromatic heterocycles. The van der Waals surface area contributed by atoms with Gasteiger partial charge in [0.1, 0.15) is 17.3 Å². The van der Waals surface area contributed by atoms with Gasteiger partial charge in [-0.1, -0.05) is 11.6 Å². The highest BCUT2D eigenvalue weighted by Gasteiger charge is 2.67. The molecule has 0 unspecified atom stereocenters. The highest BCUT2D eigenvalue weighted by molar-refractivity contribution is 5.87. The predicted octanol–water partition coefficient (Wildman–Crippen LogP) is 1.42. The summed E-state index contributed by atoms with van der Waals surface area (Å²) >= 11 is 0. The normalized spacial score (nSPS) is 42.5. The van der Waals surface area contributed by atoms with E-state index in [1.807, 2.05) is 20.8 Å². The number of rotatable bonds is 5. The number of Topliss-reactive ketones (excluding diaryl/α,β-unsaturated/α-hetero) is 1. The summed E-state index contributed by atoms with van der Waals surface area (Å²) in [5.74, 6) is -0.740. The SMILES string of the molecule is CO[C@@H]1C(=O)CC[C@](O)(C=O)[C@H]1[C@]1(C)O[C@@H]1CC=C(C)C. The Bertz CT molecular complexity index is 467. The van der Waals surface area contributed by atoms with E-state index >= 15 is 0 Å². The second-order valence-electron chi connectivity index (χ2n) is 6.52. The van der Waals surface area contributed by atoms with E-state index in [1.54, 1.807) is 0 Å². The van der Waals surface area contributed by atoms with Crippen molar-refractivity contribution in [1.29, 1.82) is 0 Å². The lowest BCUT2D eigenvalue weighted by Gasteiger charge is -2.42. The van der Waals surface area contributed by atoms with Crippen LogP contribution < -0.4 is 0 Å². The molecule has 5 heteroatoms. The fraction of sp³-hybridized carbons (Fsp3) is 0.750. The van der Waals surface area contributed by atoms with E-state index in [0.29, 0.717) is 12.7 Å². The molecule has 1 saturated heterocycles. The Balaban J connectivity index is 2.26. The van der Waals surface area contributed by atoms with Crippen LogP contribution in [0.3, 0.4) is 0 Å². The first-order chi connectivity index (χ1) is 9.78. The van der Waals surface area contributed by atoms with Crippen molar-refractivity contribution in [3.05, 3.63) is 11.6 Å². The Labute approximate surface area is 125 Å². The number of carbonyl (C=O) groups is 2. The molecule has 0 spiro atoms. The third kappa shape index (κ3) is 2.82. The summed E-state index contributed by atoms with van der Waals surface area (Å²) in [4.78, 5) is 23.5. The zero-order valence-corrected chi connectivity index (χ0v) is 13.1. The van der Waals surface area contributed by atoms with Gasteiger partial charge in [-0.15, -0.1) is 0 Å². The largest absolute Gasteiger partial charge is 0.382 e. The molecule has 118 valence electrons. The van der Waals surface area contributed by atoms with Gasteiger partial charge < -0.3 is 19.4 Å². The minimum atomic E-state index is -1.57. The van der Waals surface area contributed by atoms with Gasteiger partial charge in [-0.3, -0.25) is 4.79 Å². The number of methoxy groups -OCH3 is 1. The fourth-order valence-electron chi connectivity index (χ4n) is 3.44. The molecule has 0 bridgehead atoms. The first kappa shape index (κ1) is 16.3. The highest BCUT2D eigenvalue weighted by atomic mass is 16.6. The van der Waals surface area contributed by atoms with Crippen LogP contribution in [0.5, 0.6) is 0 Å². The number of ketones is 1. The standard InChI is InChI=1S/C16H24O5/c1-10(2)5-6-12-15(3,21-12)14-13(20-4)11(18)7-8-16(14,19)9-17/h5,9,12-14,19H,6-8H2,1-4H3/t12-,13-,14-,15-,16+/m1/s1. The number of aldehydes is 1. The van der Waals surface area contributed by atoms with Gasteiger partial charge in [0.15, 0.2) is 12.1 Å². The molecule has 0 aromatic carbocycles. The minimum Gasteiger partial charge on any atom is -0.382 e. The van der Waals surface area contributed by atoms with Crippen LogP contribution in [0.1, 0.15) is 40.0 Å². The maximum Gasteiger partial charge on any atom is 0.162 e. The van der Waals surface area contributed by atoms with Gasteiger partial charge in [-0.2, -0.15) is 0 Å². The molecule has 5 atom stereocenters. The lowest BCUT2D eigenvalue weighted by atomic mass is 9.66. The van der Waals surface area contributed by atoms with Crippen LogP contribution in [-0.4, -0.2) is 47.7 Å². The summed E-state index contributed by atoms with van der Waals surface area (Å²) in [5, 5.41) is 10.6. The zero-order chi connectivity index (χ0) is 15.8. The van der Waals surface area contributed by atoms with E-state index in [4.69, 9.17) is 9.47 Å². The van der Waals surface area contributed by atoms with E-state index in [9.17, 15) is 14.7 Å². The molecule has 5 nitrogen and oxygen atoms in total. The Morgan fingerprint density at radius 2 is 2.19 bits per heavy atom. The van der Waals surface area contributed by atoms with Crippen molar-refractivity contribution in [2.45, 2.75) is 63.4 Å². The molecule has 0 radical (unpaired) electrons. The van der Waals surface area contributed by atoms with Crippen LogP contribution in [-0.2, 0) is 19.1 Å². The average Bonchev–Trinajstić information content (AvgIpc) is 3.10. The third-order valence-corrected chi connectivity index (χ3v) is 4.72. The first-order valence-electron chi connectivity index (χ1n) is 7.34. The Morgan fingerprint density at radius 3 is 2.71 bits per heavy atom. The smallest absolute Gasteiger partial charge is 0.162 e. The molecular formula is C16H24O5. The van der Waals surface area contributed by atoms with Crippen LogP contribution in [0.2, 0.25) is 0 Å². The summed E-state index contributed by atoms with van der Waals surface area (Å²) in [6, 6.07) is 0. The van der Waals surface area contributed by atoms with E-state index < -0.39 is 23.2 Å². The van der Waals surface area contributed by atoms with Gasteiger partial charge in [0.2, 0.25) is 0 Å². The van der Waals surface area contributed by atoms with E-state index in [0.717, 1.165) is 0 Å². The van der Waals surface area contributed by atoms with Crippen LogP contribution in [0.4, 0.5) is 0 Å². The average molecular weight is 296 g/mol. The quantitative estimate of drug-likeness (QED) is 0.472. The molecule has 1 saturated carbocycles. The second-order valence-corrected chi connectivity index (χ2v) is 6.52. The monoisotopic (exact) mass is 296 g/mol. The van der Waals surface area contributed by atoms with E-state index in [1.165, 1.54) is 12.7 Å². The van der Waals surface area contributed by atoms with Crippen molar-refractivity contribution >= 4 is 12.1 Å². The third-order valence-electron chi connectivity index (χ3n) is 4.72. The zero-order valence-electron chi connectivity index (χ0n) is 13.1. The van der Waals surface area contributed by atoms with Crippen LogP contribution in [0.15, 0.2) is 11.6 Å². The second kappa shape index (κ2) is 5.63. The van der Waals surface area contributed by atoms with Gasteiger partial charge in [0, 0.05) is 13.5 Å². The number of ether oxygens (including phenoxy) is 2. The Hall–Kier alpha value is -1.04. The molecule has 1 N–H and O–H groups in total. The summed E-state index contributed by atoms with van der Waals surface area (Å²) in [6.45, 7) is 5.85. The summed E-state index contributed by atoms with van der Waals surface area (Å²) in [5.41, 5.74) is -1.09. The maximum atomic E-state index is 12.1. The molecule has 0 amide bonds. The Kier molecular flexibility index (Phi) is 4.38. The summed E-state index contributed by atoms with van der Waals surface area (Å²) < 4.78 is 11.1. The van der Waals surface area contributed by atoms with Gasteiger partial charge in [-0.25, -0.2) is 0 Å². The van der Waals surface area contributed by atoms with Crippen LogP contribution in [0, 0.1) is 5.92 Å². The summed E-state index contributed by atoms with van der Waals surface area (Å²) in [6.07, 6.45) is 2.69. The van der Waals surface area contributed by atoms with Crippen LogP contribution >= 0.6 is 0 Å². The molecule has 1 aliphatic heterocycles. The first-order valence-corrected chi connectivity index (χ1v) is 7.34. The van der Waals surface area contributed by atoms with Crippen molar-refractivity contribution in [2.24, 2.45) is 5.92 Å². The number of epoxide rings is 1. The lowest BCUT2D eigenvalue weighted by molar-refractivity contribution is -0.166.